The molecule has 0 radical (unpaired) electrons. The number of carbonyl (C=O) groups is 1. The second-order valence-electron chi connectivity index (χ2n) is 9.05. The van der Waals surface area contributed by atoms with Gasteiger partial charge in [0.2, 0.25) is 0 Å². The lowest BCUT2D eigenvalue weighted by Gasteiger charge is -2.11. The number of amides is 1. The van der Waals surface area contributed by atoms with Gasteiger partial charge >= 0.3 is 0 Å². The van der Waals surface area contributed by atoms with Gasteiger partial charge in [-0.2, -0.15) is 0 Å². The number of imidazole rings is 1. The minimum Gasteiger partial charge on any atom is -0.352 e. The molecule has 0 unspecified atom stereocenters. The van der Waals surface area contributed by atoms with Crippen LogP contribution in [0.1, 0.15) is 66.3 Å². The summed E-state index contributed by atoms with van der Waals surface area (Å²) in [7, 11) is 0. The van der Waals surface area contributed by atoms with Crippen LogP contribution < -0.4 is 5.32 Å². The summed E-state index contributed by atoms with van der Waals surface area (Å²) >= 11 is 0. The quantitative estimate of drug-likeness (QED) is 0.277. The van der Waals surface area contributed by atoms with Crippen LogP contribution in [0.3, 0.4) is 0 Å². The van der Waals surface area contributed by atoms with E-state index in [-0.39, 0.29) is 11.5 Å². The summed E-state index contributed by atoms with van der Waals surface area (Å²) in [6.07, 6.45) is 3.66. The highest BCUT2D eigenvalue weighted by molar-refractivity contribution is 5.94. The van der Waals surface area contributed by atoms with E-state index >= 15 is 0 Å². The summed E-state index contributed by atoms with van der Waals surface area (Å²) in [6, 6.07) is 23.2. The number of unbranched alkanes of at least 4 members (excludes halogenated alkanes) is 2. The Labute approximate surface area is 200 Å². The number of nitrogens with zero attached hydrogens (tertiary/aromatic N) is 2. The van der Waals surface area contributed by atoms with E-state index in [1.54, 1.807) is 12.1 Å². The molecule has 0 aliphatic heterocycles. The summed E-state index contributed by atoms with van der Waals surface area (Å²) < 4.78 is 16.0. The molecular weight excluding hydrogens is 425 g/mol. The molecule has 0 aliphatic carbocycles. The first-order chi connectivity index (χ1) is 16.5. The van der Waals surface area contributed by atoms with Crippen molar-refractivity contribution in [2.45, 2.75) is 52.0 Å². The fraction of sp³-hybridized carbons (Fsp3) is 0.310. The molecule has 3 aromatic carbocycles. The monoisotopic (exact) mass is 457 g/mol. The highest BCUT2D eigenvalue weighted by Crippen LogP contribution is 2.21. The number of halogens is 1. The summed E-state index contributed by atoms with van der Waals surface area (Å²) in [5.74, 6) is 0.765. The predicted molar refractivity (Wildman–Crippen MR) is 136 cm³/mol. The average Bonchev–Trinajstić information content (AvgIpc) is 3.19. The molecule has 0 saturated carbocycles. The lowest BCUT2D eigenvalue weighted by Crippen LogP contribution is -2.25. The standard InChI is InChI=1S/C29H32FN3O/c1-21(2)23-17-15-22(16-18-23)20-33-27-13-8-7-12-26(27)32-28(33)14-4-3-9-19-31-29(34)24-10-5-6-11-25(24)30/h5-8,10-13,15-18,21H,3-4,9,14,19-20H2,1-2H3,(H,31,34). The second kappa shape index (κ2) is 11.1. The Bertz CT molecular complexity index is 1240. The third-order valence-electron chi connectivity index (χ3n) is 6.20. The van der Waals surface area contributed by atoms with Crippen LogP contribution in [0.25, 0.3) is 11.0 Å². The van der Waals surface area contributed by atoms with Crippen LogP contribution in [-0.2, 0) is 13.0 Å². The smallest absolute Gasteiger partial charge is 0.254 e. The van der Waals surface area contributed by atoms with Gasteiger partial charge in [0.05, 0.1) is 16.6 Å². The molecule has 0 saturated heterocycles. The zero-order chi connectivity index (χ0) is 23.9. The van der Waals surface area contributed by atoms with E-state index in [9.17, 15) is 9.18 Å². The number of nitrogens with one attached hydrogen (secondary N) is 1. The van der Waals surface area contributed by atoms with Gasteiger partial charge in [-0.05, 0) is 54.2 Å². The highest BCUT2D eigenvalue weighted by Gasteiger charge is 2.12. The summed E-state index contributed by atoms with van der Waals surface area (Å²) in [5.41, 5.74) is 4.89. The SMILES string of the molecule is CC(C)c1ccc(Cn2c(CCCCCNC(=O)c3ccccc3F)nc3ccccc32)cc1. The number of rotatable bonds is 10. The topological polar surface area (TPSA) is 46.9 Å². The van der Waals surface area contributed by atoms with Crippen molar-refractivity contribution in [3.8, 4) is 0 Å². The number of hydrogen-bond donors (Lipinski definition) is 1. The highest BCUT2D eigenvalue weighted by atomic mass is 19.1. The molecule has 1 N–H and O–H groups in total. The average molecular weight is 458 g/mol. The molecule has 5 heteroatoms. The number of carbonyl (C=O) groups excluding carboxylic acids is 1. The zero-order valence-electron chi connectivity index (χ0n) is 19.9. The first-order valence-corrected chi connectivity index (χ1v) is 12.1. The molecular formula is C29H32FN3O. The minimum absolute atomic E-state index is 0.0950. The van der Waals surface area contributed by atoms with E-state index in [4.69, 9.17) is 4.98 Å². The maximum Gasteiger partial charge on any atom is 0.254 e. The van der Waals surface area contributed by atoms with E-state index in [0.717, 1.165) is 49.1 Å². The number of para-hydroxylation sites is 2. The summed E-state index contributed by atoms with van der Waals surface area (Å²) in [6.45, 7) is 5.75. The molecule has 0 spiro atoms. The van der Waals surface area contributed by atoms with Crippen molar-refractivity contribution >= 4 is 16.9 Å². The fourth-order valence-electron chi connectivity index (χ4n) is 4.21. The number of hydrogen-bond acceptors (Lipinski definition) is 2. The van der Waals surface area contributed by atoms with Gasteiger partial charge in [0.15, 0.2) is 0 Å². The van der Waals surface area contributed by atoms with Crippen LogP contribution in [0.2, 0.25) is 0 Å². The lowest BCUT2D eigenvalue weighted by molar-refractivity contribution is 0.0949. The van der Waals surface area contributed by atoms with Crippen molar-refractivity contribution in [3.63, 3.8) is 0 Å². The van der Waals surface area contributed by atoms with Gasteiger partial charge in [-0.15, -0.1) is 0 Å². The molecule has 34 heavy (non-hydrogen) atoms. The molecule has 0 bridgehead atoms. The van der Waals surface area contributed by atoms with E-state index in [2.05, 4.69) is 66.2 Å². The molecule has 0 aliphatic rings. The maximum absolute atomic E-state index is 13.7. The first-order valence-electron chi connectivity index (χ1n) is 12.1. The van der Waals surface area contributed by atoms with Crippen molar-refractivity contribution < 1.29 is 9.18 Å². The van der Waals surface area contributed by atoms with Crippen LogP contribution in [0.4, 0.5) is 4.39 Å². The van der Waals surface area contributed by atoms with Crippen molar-refractivity contribution in [2.24, 2.45) is 0 Å². The molecule has 4 rings (SSSR count). The third kappa shape index (κ3) is 5.71. The predicted octanol–water partition coefficient (Wildman–Crippen LogP) is 6.49. The molecule has 176 valence electrons. The van der Waals surface area contributed by atoms with Crippen molar-refractivity contribution in [1.82, 2.24) is 14.9 Å². The molecule has 4 nitrogen and oxygen atoms in total. The largest absolute Gasteiger partial charge is 0.352 e. The van der Waals surface area contributed by atoms with Crippen LogP contribution in [0, 0.1) is 5.82 Å². The fourth-order valence-corrected chi connectivity index (χ4v) is 4.21. The Morgan fingerprint density at radius 3 is 2.44 bits per heavy atom. The van der Waals surface area contributed by atoms with Crippen molar-refractivity contribution in [1.29, 1.82) is 0 Å². The van der Waals surface area contributed by atoms with Gasteiger partial charge in [-0.1, -0.05) is 68.8 Å². The summed E-state index contributed by atoms with van der Waals surface area (Å²) in [5, 5.41) is 2.82. The zero-order valence-corrected chi connectivity index (χ0v) is 19.9. The second-order valence-corrected chi connectivity index (χ2v) is 9.05. The van der Waals surface area contributed by atoms with E-state index in [0.29, 0.717) is 12.5 Å². The molecule has 0 fully saturated rings. The van der Waals surface area contributed by atoms with Crippen molar-refractivity contribution in [3.05, 3.63) is 101 Å². The normalized spacial score (nSPS) is 11.3. The number of aryl methyl sites for hydroxylation is 1. The molecule has 1 heterocycles. The maximum atomic E-state index is 13.7. The van der Waals surface area contributed by atoms with Crippen LogP contribution in [-0.4, -0.2) is 22.0 Å². The van der Waals surface area contributed by atoms with E-state index in [1.165, 1.54) is 23.3 Å². The number of benzene rings is 3. The van der Waals surface area contributed by atoms with Gasteiger partial charge in [0.25, 0.3) is 5.91 Å². The summed E-state index contributed by atoms with van der Waals surface area (Å²) in [4.78, 5) is 17.0. The minimum atomic E-state index is -0.488. The van der Waals surface area contributed by atoms with E-state index in [1.807, 2.05) is 6.07 Å². The van der Waals surface area contributed by atoms with Crippen LogP contribution in [0.15, 0.2) is 72.8 Å². The van der Waals surface area contributed by atoms with E-state index < -0.39 is 5.82 Å². The molecule has 1 amide bonds. The Kier molecular flexibility index (Phi) is 7.73. The Balaban J connectivity index is 1.34. The Morgan fingerprint density at radius 2 is 1.68 bits per heavy atom. The Hall–Kier alpha value is -3.47. The van der Waals surface area contributed by atoms with Crippen LogP contribution in [0.5, 0.6) is 0 Å². The van der Waals surface area contributed by atoms with Gasteiger partial charge < -0.3 is 9.88 Å². The molecule has 1 aromatic heterocycles. The van der Waals surface area contributed by atoms with Gasteiger partial charge in [-0.25, -0.2) is 9.37 Å². The number of fused-ring (bicyclic) bond motifs is 1. The van der Waals surface area contributed by atoms with Crippen molar-refractivity contribution in [2.75, 3.05) is 6.54 Å². The lowest BCUT2D eigenvalue weighted by atomic mass is 10.0. The van der Waals surface area contributed by atoms with Gasteiger partial charge in [0, 0.05) is 19.5 Å². The van der Waals surface area contributed by atoms with Gasteiger partial charge in [0.1, 0.15) is 11.6 Å². The van der Waals surface area contributed by atoms with Crippen LogP contribution >= 0.6 is 0 Å². The molecule has 0 atom stereocenters. The first kappa shape index (κ1) is 23.7. The molecule has 4 aromatic rings. The Morgan fingerprint density at radius 1 is 0.941 bits per heavy atom. The third-order valence-corrected chi connectivity index (χ3v) is 6.20. The number of aromatic nitrogens is 2. The van der Waals surface area contributed by atoms with Gasteiger partial charge in [-0.3, -0.25) is 4.79 Å².